The zero-order chi connectivity index (χ0) is 15.3. The highest BCUT2D eigenvalue weighted by Crippen LogP contribution is 2.12. The summed E-state index contributed by atoms with van der Waals surface area (Å²) in [5, 5.41) is 5.55. The minimum absolute atomic E-state index is 0.00383. The van der Waals surface area contributed by atoms with E-state index >= 15 is 0 Å². The second kappa shape index (κ2) is 6.74. The summed E-state index contributed by atoms with van der Waals surface area (Å²) in [6.07, 6.45) is 1.19. The van der Waals surface area contributed by atoms with Crippen molar-refractivity contribution in [3.8, 4) is 0 Å². The maximum Gasteiger partial charge on any atom is 0.319 e. The van der Waals surface area contributed by atoms with Gasteiger partial charge in [0.2, 0.25) is 0 Å². The molecule has 2 amide bonds. The number of hydrogen-bond acceptors (Lipinski definition) is 3. The van der Waals surface area contributed by atoms with Gasteiger partial charge in [-0.3, -0.25) is 0 Å². The number of carbonyl (C=O) groups is 1. The minimum atomic E-state index is -3.04. The van der Waals surface area contributed by atoms with Gasteiger partial charge in [0.15, 0.2) is 9.84 Å². The maximum absolute atomic E-state index is 11.7. The number of benzene rings is 1. The summed E-state index contributed by atoms with van der Waals surface area (Å²) in [5.74, 6) is 0.363. The van der Waals surface area contributed by atoms with Crippen molar-refractivity contribution >= 4 is 21.6 Å². The van der Waals surface area contributed by atoms with Gasteiger partial charge in [0, 0.05) is 18.0 Å². The number of sulfone groups is 1. The third kappa shape index (κ3) is 6.06. The van der Waals surface area contributed by atoms with Crippen LogP contribution in [0.5, 0.6) is 0 Å². The van der Waals surface area contributed by atoms with E-state index in [0.717, 1.165) is 0 Å². The summed E-state index contributed by atoms with van der Waals surface area (Å²) >= 11 is 0. The van der Waals surface area contributed by atoms with Crippen LogP contribution < -0.4 is 10.6 Å². The van der Waals surface area contributed by atoms with Gasteiger partial charge < -0.3 is 10.6 Å². The molecular formula is C14H22N2O3S. The predicted molar refractivity (Wildman–Crippen MR) is 81.4 cm³/mol. The Morgan fingerprint density at radius 2 is 1.70 bits per heavy atom. The molecule has 0 heterocycles. The molecule has 1 atom stereocenters. The Balaban J connectivity index is 2.59. The lowest BCUT2D eigenvalue weighted by Gasteiger charge is -2.17. The van der Waals surface area contributed by atoms with Crippen molar-refractivity contribution in [2.24, 2.45) is 5.92 Å². The Kier molecular flexibility index (Phi) is 5.56. The van der Waals surface area contributed by atoms with E-state index in [4.69, 9.17) is 0 Å². The van der Waals surface area contributed by atoms with Crippen LogP contribution in [0.15, 0.2) is 24.3 Å². The number of carbonyl (C=O) groups excluding carboxylic acids is 1. The van der Waals surface area contributed by atoms with Gasteiger partial charge in [0.1, 0.15) is 0 Å². The van der Waals surface area contributed by atoms with Crippen LogP contribution in [-0.4, -0.2) is 26.7 Å². The standard InChI is InChI=1S/C14H22N2O3S/c1-10(2)11(3)15-14(17)16-13-7-5-12(6-8-13)9-20(4,18)19/h5-8,10-11H,9H2,1-4H3,(H2,15,16,17). The molecule has 0 fully saturated rings. The average molecular weight is 298 g/mol. The van der Waals surface area contributed by atoms with E-state index in [1.165, 1.54) is 6.26 Å². The molecule has 0 aliphatic carbocycles. The summed E-state index contributed by atoms with van der Waals surface area (Å²) in [7, 11) is -3.04. The zero-order valence-corrected chi connectivity index (χ0v) is 13.1. The Morgan fingerprint density at radius 3 is 2.15 bits per heavy atom. The number of anilines is 1. The average Bonchev–Trinajstić information content (AvgIpc) is 2.29. The first-order valence-electron chi connectivity index (χ1n) is 6.51. The van der Waals surface area contributed by atoms with Gasteiger partial charge >= 0.3 is 6.03 Å². The lowest BCUT2D eigenvalue weighted by atomic mass is 10.1. The SMILES string of the molecule is CC(C)C(C)NC(=O)Nc1ccc(CS(C)(=O)=O)cc1. The topological polar surface area (TPSA) is 75.3 Å². The van der Waals surface area contributed by atoms with Gasteiger partial charge in [0.25, 0.3) is 0 Å². The van der Waals surface area contributed by atoms with E-state index in [1.807, 2.05) is 20.8 Å². The van der Waals surface area contributed by atoms with Gasteiger partial charge in [0.05, 0.1) is 5.75 Å². The second-order valence-electron chi connectivity index (χ2n) is 5.40. The first kappa shape index (κ1) is 16.5. The fourth-order valence-corrected chi connectivity index (χ4v) is 2.33. The van der Waals surface area contributed by atoms with E-state index in [9.17, 15) is 13.2 Å². The molecule has 0 radical (unpaired) electrons. The van der Waals surface area contributed by atoms with E-state index in [2.05, 4.69) is 10.6 Å². The molecule has 6 heteroatoms. The quantitative estimate of drug-likeness (QED) is 0.876. The van der Waals surface area contributed by atoms with Crippen LogP contribution in [0, 0.1) is 5.92 Å². The van der Waals surface area contributed by atoms with Crippen LogP contribution in [0.2, 0.25) is 0 Å². The van der Waals surface area contributed by atoms with Crippen molar-refractivity contribution in [1.29, 1.82) is 0 Å². The Labute approximate surface area is 120 Å². The third-order valence-corrected chi connectivity index (χ3v) is 3.86. The summed E-state index contributed by atoms with van der Waals surface area (Å²) in [4.78, 5) is 11.7. The van der Waals surface area contributed by atoms with Crippen molar-refractivity contribution in [3.05, 3.63) is 29.8 Å². The molecule has 0 spiro atoms. The summed E-state index contributed by atoms with van der Waals surface area (Å²) < 4.78 is 22.3. The van der Waals surface area contributed by atoms with Crippen LogP contribution >= 0.6 is 0 Å². The molecule has 112 valence electrons. The van der Waals surface area contributed by atoms with Crippen LogP contribution in [0.3, 0.4) is 0 Å². The molecule has 0 saturated carbocycles. The lowest BCUT2D eigenvalue weighted by molar-refractivity contribution is 0.246. The van der Waals surface area contributed by atoms with Gasteiger partial charge in [-0.1, -0.05) is 26.0 Å². The largest absolute Gasteiger partial charge is 0.335 e. The smallest absolute Gasteiger partial charge is 0.319 e. The molecule has 1 aromatic rings. The van der Waals surface area contributed by atoms with Gasteiger partial charge in [-0.05, 0) is 30.5 Å². The Hall–Kier alpha value is -1.56. The van der Waals surface area contributed by atoms with Gasteiger partial charge in [-0.15, -0.1) is 0 Å². The zero-order valence-electron chi connectivity index (χ0n) is 12.3. The van der Waals surface area contributed by atoms with E-state index < -0.39 is 9.84 Å². The molecule has 0 bridgehead atoms. The fraction of sp³-hybridized carbons (Fsp3) is 0.500. The number of nitrogens with one attached hydrogen (secondary N) is 2. The highest BCUT2D eigenvalue weighted by atomic mass is 32.2. The first-order chi connectivity index (χ1) is 9.17. The number of amides is 2. The molecule has 0 aliphatic heterocycles. The number of hydrogen-bond donors (Lipinski definition) is 2. The molecule has 5 nitrogen and oxygen atoms in total. The van der Waals surface area contributed by atoms with Crippen molar-refractivity contribution in [3.63, 3.8) is 0 Å². The first-order valence-corrected chi connectivity index (χ1v) is 8.57. The molecule has 0 saturated heterocycles. The van der Waals surface area contributed by atoms with Crippen molar-refractivity contribution in [1.82, 2.24) is 5.32 Å². The summed E-state index contributed by atoms with van der Waals surface area (Å²) in [6, 6.07) is 6.60. The molecule has 0 aliphatic rings. The molecular weight excluding hydrogens is 276 g/mol. The van der Waals surface area contributed by atoms with Crippen LogP contribution in [-0.2, 0) is 15.6 Å². The summed E-state index contributed by atoms with van der Waals surface area (Å²) in [5.41, 5.74) is 1.34. The van der Waals surface area contributed by atoms with Gasteiger partial charge in [-0.25, -0.2) is 13.2 Å². The molecule has 2 N–H and O–H groups in total. The van der Waals surface area contributed by atoms with E-state index in [-0.39, 0.29) is 17.8 Å². The third-order valence-electron chi connectivity index (χ3n) is 3.00. The maximum atomic E-state index is 11.7. The van der Waals surface area contributed by atoms with Crippen molar-refractivity contribution in [2.45, 2.75) is 32.6 Å². The minimum Gasteiger partial charge on any atom is -0.335 e. The highest BCUT2D eigenvalue weighted by molar-refractivity contribution is 7.89. The van der Waals surface area contributed by atoms with E-state index in [0.29, 0.717) is 17.2 Å². The fourth-order valence-electron chi connectivity index (χ4n) is 1.53. The van der Waals surface area contributed by atoms with Crippen molar-refractivity contribution in [2.75, 3.05) is 11.6 Å². The monoisotopic (exact) mass is 298 g/mol. The normalized spacial score (nSPS) is 13.1. The van der Waals surface area contributed by atoms with Crippen LogP contribution in [0.25, 0.3) is 0 Å². The molecule has 1 aromatic carbocycles. The lowest BCUT2D eigenvalue weighted by Crippen LogP contribution is -2.38. The number of rotatable bonds is 5. The molecule has 1 unspecified atom stereocenters. The Morgan fingerprint density at radius 1 is 1.15 bits per heavy atom. The highest BCUT2D eigenvalue weighted by Gasteiger charge is 2.10. The summed E-state index contributed by atoms with van der Waals surface area (Å²) in [6.45, 7) is 6.01. The molecule has 20 heavy (non-hydrogen) atoms. The number of urea groups is 1. The van der Waals surface area contributed by atoms with Crippen molar-refractivity contribution < 1.29 is 13.2 Å². The molecule has 0 aromatic heterocycles. The van der Waals surface area contributed by atoms with Gasteiger partial charge in [-0.2, -0.15) is 0 Å². The van der Waals surface area contributed by atoms with Crippen LogP contribution in [0.4, 0.5) is 10.5 Å². The molecule has 1 rings (SSSR count). The second-order valence-corrected chi connectivity index (χ2v) is 7.54. The van der Waals surface area contributed by atoms with Crippen LogP contribution in [0.1, 0.15) is 26.3 Å². The Bertz CT molecular complexity index is 550. The predicted octanol–water partition coefficient (Wildman–Crippen LogP) is 2.40. The van der Waals surface area contributed by atoms with E-state index in [1.54, 1.807) is 24.3 Å².